The molecular weight excluding hydrogens is 265 g/mol. The number of rotatable bonds is 3. The van der Waals surface area contributed by atoms with E-state index in [4.69, 9.17) is 10.7 Å². The first kappa shape index (κ1) is 14.0. The molecule has 0 fully saturated rings. The van der Waals surface area contributed by atoms with E-state index in [1.165, 1.54) is 36.2 Å². The molecular formula is C17H20FN3. The maximum Gasteiger partial charge on any atom is 0.137 e. The predicted octanol–water partition coefficient (Wildman–Crippen LogP) is 3.33. The summed E-state index contributed by atoms with van der Waals surface area (Å²) in [5.74, 6) is 0.648. The van der Waals surface area contributed by atoms with Crippen LogP contribution in [-0.2, 0) is 19.4 Å². The molecule has 0 amide bonds. The third kappa shape index (κ3) is 2.76. The summed E-state index contributed by atoms with van der Waals surface area (Å²) in [6.07, 6.45) is 4.55. The molecule has 0 radical (unpaired) electrons. The lowest BCUT2D eigenvalue weighted by Gasteiger charge is -2.24. The second-order valence-corrected chi connectivity index (χ2v) is 5.52. The van der Waals surface area contributed by atoms with Crippen molar-refractivity contribution >= 4 is 11.5 Å². The van der Waals surface area contributed by atoms with Crippen LogP contribution in [0.5, 0.6) is 0 Å². The first-order chi connectivity index (χ1) is 10.2. The molecule has 2 aromatic rings. The van der Waals surface area contributed by atoms with Crippen molar-refractivity contribution in [2.24, 2.45) is 5.73 Å². The van der Waals surface area contributed by atoms with E-state index in [2.05, 4.69) is 6.07 Å². The molecule has 1 aliphatic carbocycles. The summed E-state index contributed by atoms with van der Waals surface area (Å²) in [4.78, 5) is 6.82. The van der Waals surface area contributed by atoms with Crippen LogP contribution in [-0.4, -0.2) is 12.0 Å². The number of anilines is 2. The number of nitrogens with two attached hydrogens (primary N) is 1. The second kappa shape index (κ2) is 5.82. The Labute approximate surface area is 124 Å². The van der Waals surface area contributed by atoms with Crippen molar-refractivity contribution in [1.29, 1.82) is 0 Å². The molecule has 3 nitrogen and oxygen atoms in total. The van der Waals surface area contributed by atoms with Crippen LogP contribution < -0.4 is 10.6 Å². The van der Waals surface area contributed by atoms with Crippen molar-refractivity contribution in [1.82, 2.24) is 4.98 Å². The Kier molecular flexibility index (Phi) is 3.88. The number of fused-ring (bicyclic) bond motifs is 1. The largest absolute Gasteiger partial charge is 0.329 e. The van der Waals surface area contributed by atoms with E-state index < -0.39 is 0 Å². The van der Waals surface area contributed by atoms with E-state index in [0.717, 1.165) is 29.9 Å². The van der Waals surface area contributed by atoms with E-state index in [1.807, 2.05) is 11.9 Å². The van der Waals surface area contributed by atoms with Gasteiger partial charge in [0.25, 0.3) is 0 Å². The lowest BCUT2D eigenvalue weighted by atomic mass is 9.94. The fourth-order valence-corrected chi connectivity index (χ4v) is 2.90. The van der Waals surface area contributed by atoms with Crippen molar-refractivity contribution in [3.8, 4) is 0 Å². The van der Waals surface area contributed by atoms with Crippen molar-refractivity contribution in [3.63, 3.8) is 0 Å². The Hall–Kier alpha value is -1.94. The van der Waals surface area contributed by atoms with E-state index in [1.54, 1.807) is 12.1 Å². The van der Waals surface area contributed by atoms with Crippen LogP contribution in [0.3, 0.4) is 0 Å². The fourth-order valence-electron chi connectivity index (χ4n) is 2.90. The van der Waals surface area contributed by atoms with E-state index in [0.29, 0.717) is 6.54 Å². The average Bonchev–Trinajstić information content (AvgIpc) is 2.53. The Bertz CT molecular complexity index is 637. The van der Waals surface area contributed by atoms with Gasteiger partial charge in [-0.25, -0.2) is 9.37 Å². The highest BCUT2D eigenvalue weighted by Crippen LogP contribution is 2.30. The van der Waals surface area contributed by atoms with Gasteiger partial charge in [0.2, 0.25) is 0 Å². The van der Waals surface area contributed by atoms with Crippen molar-refractivity contribution < 1.29 is 4.39 Å². The normalized spacial score (nSPS) is 13.9. The standard InChI is InChI=1S/C17H20FN3/c1-21(15-8-6-14(18)7-9-15)17-13(11-19)10-12-4-2-3-5-16(12)20-17/h6-10H,2-5,11,19H2,1H3. The number of aryl methyl sites for hydroxylation is 2. The van der Waals surface area contributed by atoms with Crippen LogP contribution in [0.15, 0.2) is 30.3 Å². The van der Waals surface area contributed by atoms with Gasteiger partial charge in [0.1, 0.15) is 11.6 Å². The van der Waals surface area contributed by atoms with E-state index in [9.17, 15) is 4.39 Å². The number of aromatic nitrogens is 1. The van der Waals surface area contributed by atoms with Crippen LogP contribution in [0.2, 0.25) is 0 Å². The second-order valence-electron chi connectivity index (χ2n) is 5.52. The van der Waals surface area contributed by atoms with Crippen LogP contribution in [0, 0.1) is 5.82 Å². The Morgan fingerprint density at radius 2 is 1.90 bits per heavy atom. The molecule has 4 heteroatoms. The van der Waals surface area contributed by atoms with Crippen molar-refractivity contribution in [2.45, 2.75) is 32.2 Å². The summed E-state index contributed by atoms with van der Waals surface area (Å²) in [5, 5.41) is 0. The highest BCUT2D eigenvalue weighted by molar-refractivity contribution is 5.63. The molecule has 0 aliphatic heterocycles. The average molecular weight is 285 g/mol. The highest BCUT2D eigenvalue weighted by atomic mass is 19.1. The molecule has 0 saturated heterocycles. The third-order valence-corrected chi connectivity index (χ3v) is 4.11. The van der Waals surface area contributed by atoms with Gasteiger partial charge in [0.05, 0.1) is 0 Å². The van der Waals surface area contributed by atoms with Gasteiger partial charge in [-0.2, -0.15) is 0 Å². The smallest absolute Gasteiger partial charge is 0.137 e. The Morgan fingerprint density at radius 3 is 2.62 bits per heavy atom. The quantitative estimate of drug-likeness (QED) is 0.940. The number of hydrogen-bond acceptors (Lipinski definition) is 3. The summed E-state index contributed by atoms with van der Waals surface area (Å²) in [6.45, 7) is 0.459. The van der Waals surface area contributed by atoms with Crippen LogP contribution >= 0.6 is 0 Å². The first-order valence-corrected chi connectivity index (χ1v) is 7.40. The first-order valence-electron chi connectivity index (χ1n) is 7.40. The molecule has 2 N–H and O–H groups in total. The van der Waals surface area contributed by atoms with Crippen molar-refractivity contribution in [2.75, 3.05) is 11.9 Å². The van der Waals surface area contributed by atoms with Gasteiger partial charge in [-0.3, -0.25) is 0 Å². The molecule has 0 spiro atoms. The summed E-state index contributed by atoms with van der Waals surface area (Å²) in [6, 6.07) is 8.64. The molecule has 1 aromatic heterocycles. The van der Waals surface area contributed by atoms with E-state index >= 15 is 0 Å². The number of nitrogens with zero attached hydrogens (tertiary/aromatic N) is 2. The molecule has 110 valence electrons. The molecule has 0 bridgehead atoms. The maximum atomic E-state index is 13.1. The van der Waals surface area contributed by atoms with Gasteiger partial charge in [-0.05, 0) is 61.6 Å². The number of hydrogen-bond donors (Lipinski definition) is 1. The molecule has 0 saturated carbocycles. The molecule has 21 heavy (non-hydrogen) atoms. The van der Waals surface area contributed by atoms with Crippen molar-refractivity contribution in [3.05, 3.63) is 53.0 Å². The summed E-state index contributed by atoms with van der Waals surface area (Å²) >= 11 is 0. The van der Waals surface area contributed by atoms with Crippen LogP contribution in [0.4, 0.5) is 15.9 Å². The third-order valence-electron chi connectivity index (χ3n) is 4.11. The maximum absolute atomic E-state index is 13.1. The Balaban J connectivity index is 2.01. The summed E-state index contributed by atoms with van der Waals surface area (Å²) in [5.41, 5.74) is 10.4. The van der Waals surface area contributed by atoms with Gasteiger partial charge < -0.3 is 10.6 Å². The molecule has 0 atom stereocenters. The Morgan fingerprint density at radius 1 is 1.19 bits per heavy atom. The molecule has 1 aliphatic rings. The van der Waals surface area contributed by atoms with Gasteiger partial charge in [0, 0.05) is 30.5 Å². The summed E-state index contributed by atoms with van der Waals surface area (Å²) < 4.78 is 13.1. The zero-order valence-electron chi connectivity index (χ0n) is 12.3. The monoisotopic (exact) mass is 285 g/mol. The minimum Gasteiger partial charge on any atom is -0.329 e. The number of benzene rings is 1. The minimum atomic E-state index is -0.232. The molecule has 1 heterocycles. The SMILES string of the molecule is CN(c1ccc(F)cc1)c1nc2c(cc1CN)CCCC2. The van der Waals surface area contributed by atoms with Gasteiger partial charge in [-0.15, -0.1) is 0 Å². The summed E-state index contributed by atoms with van der Waals surface area (Å²) in [7, 11) is 1.95. The van der Waals surface area contributed by atoms with Gasteiger partial charge in [0.15, 0.2) is 0 Å². The number of halogens is 1. The lowest BCUT2D eigenvalue weighted by Crippen LogP contribution is -2.18. The minimum absolute atomic E-state index is 0.232. The molecule has 1 aromatic carbocycles. The van der Waals surface area contributed by atoms with Crippen LogP contribution in [0.25, 0.3) is 0 Å². The molecule has 0 unspecified atom stereocenters. The predicted molar refractivity (Wildman–Crippen MR) is 83.2 cm³/mol. The molecule has 3 rings (SSSR count). The van der Waals surface area contributed by atoms with Crippen LogP contribution in [0.1, 0.15) is 29.7 Å². The topological polar surface area (TPSA) is 42.2 Å². The highest BCUT2D eigenvalue weighted by Gasteiger charge is 2.17. The zero-order chi connectivity index (χ0) is 14.8. The number of pyridine rings is 1. The lowest BCUT2D eigenvalue weighted by molar-refractivity contribution is 0.628. The van der Waals surface area contributed by atoms with Gasteiger partial charge >= 0.3 is 0 Å². The zero-order valence-corrected chi connectivity index (χ0v) is 12.3. The fraction of sp³-hybridized carbons (Fsp3) is 0.353. The van der Waals surface area contributed by atoms with E-state index in [-0.39, 0.29) is 5.82 Å². The van der Waals surface area contributed by atoms with Gasteiger partial charge in [-0.1, -0.05) is 0 Å².